The Morgan fingerprint density at radius 3 is 2.74 bits per heavy atom. The van der Waals surface area contributed by atoms with Gasteiger partial charge >= 0.3 is 5.97 Å². The molecule has 0 saturated carbocycles. The lowest BCUT2D eigenvalue weighted by Crippen LogP contribution is -2.24. The van der Waals surface area contributed by atoms with E-state index in [0.717, 1.165) is 13.0 Å². The number of carboxylic acids is 1. The van der Waals surface area contributed by atoms with Gasteiger partial charge in [-0.05, 0) is 19.0 Å². The molecule has 104 valence electrons. The van der Waals surface area contributed by atoms with Gasteiger partial charge in [-0.2, -0.15) is 0 Å². The van der Waals surface area contributed by atoms with E-state index in [1.165, 1.54) is 18.5 Å². The third kappa shape index (κ3) is 5.96. The van der Waals surface area contributed by atoms with Crippen molar-refractivity contribution in [1.82, 2.24) is 10.3 Å². The number of amides is 1. The van der Waals surface area contributed by atoms with Crippen LogP contribution in [0.1, 0.15) is 37.0 Å². The number of nitrogens with zero attached hydrogens (tertiary/aromatic N) is 1. The highest BCUT2D eigenvalue weighted by Crippen LogP contribution is 2.09. The molecule has 6 heteroatoms. The van der Waals surface area contributed by atoms with E-state index in [-0.39, 0.29) is 11.5 Å². The number of rotatable bonds is 7. The molecule has 1 rings (SSSR count). The Kier molecular flexibility index (Phi) is 5.95. The van der Waals surface area contributed by atoms with Crippen molar-refractivity contribution in [2.45, 2.75) is 32.7 Å². The molecular weight excluding hydrogens is 246 g/mol. The Morgan fingerprint density at radius 2 is 2.11 bits per heavy atom. The Bertz CT molecular complexity index is 447. The van der Waals surface area contributed by atoms with Gasteiger partial charge in [0.15, 0.2) is 0 Å². The smallest absolute Gasteiger partial charge is 0.337 e. The molecule has 0 aliphatic carbocycles. The first kappa shape index (κ1) is 15.1. The van der Waals surface area contributed by atoms with Crippen LogP contribution in [0.3, 0.4) is 0 Å². The summed E-state index contributed by atoms with van der Waals surface area (Å²) in [4.78, 5) is 26.1. The third-order valence-corrected chi connectivity index (χ3v) is 2.40. The van der Waals surface area contributed by atoms with Gasteiger partial charge in [0.05, 0.1) is 17.4 Å². The van der Waals surface area contributed by atoms with Crippen molar-refractivity contribution in [3.63, 3.8) is 0 Å². The first-order valence-electron chi connectivity index (χ1n) is 6.20. The molecule has 3 N–H and O–H groups in total. The topological polar surface area (TPSA) is 91.3 Å². The van der Waals surface area contributed by atoms with E-state index in [1.807, 2.05) is 13.8 Å². The zero-order valence-electron chi connectivity index (χ0n) is 11.1. The summed E-state index contributed by atoms with van der Waals surface area (Å²) >= 11 is 0. The van der Waals surface area contributed by atoms with E-state index in [0.29, 0.717) is 18.2 Å². The summed E-state index contributed by atoms with van der Waals surface area (Å²) in [5.41, 5.74) is 0.459. The van der Waals surface area contributed by atoms with Gasteiger partial charge in [0.1, 0.15) is 0 Å². The monoisotopic (exact) mass is 265 g/mol. The van der Waals surface area contributed by atoms with Gasteiger partial charge in [0.25, 0.3) is 0 Å². The lowest BCUT2D eigenvalue weighted by molar-refractivity contribution is -0.116. The van der Waals surface area contributed by atoms with Crippen LogP contribution in [-0.4, -0.2) is 34.6 Å². The minimum absolute atomic E-state index is 0.0549. The maximum Gasteiger partial charge on any atom is 0.337 e. The molecule has 19 heavy (non-hydrogen) atoms. The van der Waals surface area contributed by atoms with Crippen LogP contribution in [0.5, 0.6) is 0 Å². The van der Waals surface area contributed by atoms with Gasteiger partial charge in [-0.15, -0.1) is 0 Å². The first-order valence-corrected chi connectivity index (χ1v) is 6.20. The fourth-order valence-corrected chi connectivity index (χ4v) is 1.49. The van der Waals surface area contributed by atoms with E-state index >= 15 is 0 Å². The highest BCUT2D eigenvalue weighted by Gasteiger charge is 2.07. The fourth-order valence-electron chi connectivity index (χ4n) is 1.49. The molecule has 0 saturated heterocycles. The van der Waals surface area contributed by atoms with Gasteiger partial charge in [-0.1, -0.05) is 13.8 Å². The van der Waals surface area contributed by atoms with Gasteiger partial charge < -0.3 is 15.7 Å². The number of carbonyl (C=O) groups excluding carboxylic acids is 1. The average molecular weight is 265 g/mol. The average Bonchev–Trinajstić information content (AvgIpc) is 2.34. The molecule has 0 aliphatic rings. The van der Waals surface area contributed by atoms with Crippen molar-refractivity contribution >= 4 is 17.6 Å². The van der Waals surface area contributed by atoms with Gasteiger partial charge in [0, 0.05) is 18.7 Å². The van der Waals surface area contributed by atoms with Crippen LogP contribution in [0.2, 0.25) is 0 Å². The number of nitrogens with one attached hydrogen (secondary N) is 2. The number of carboxylic acid groups (broad SMARTS) is 1. The Balaban J connectivity index is 2.40. The van der Waals surface area contributed by atoms with Crippen molar-refractivity contribution in [1.29, 1.82) is 0 Å². The number of carbonyl (C=O) groups is 2. The normalized spacial score (nSPS) is 10.5. The number of hydrogen-bond acceptors (Lipinski definition) is 4. The number of anilines is 1. The highest BCUT2D eigenvalue weighted by atomic mass is 16.4. The second-order valence-corrected chi connectivity index (χ2v) is 4.53. The largest absolute Gasteiger partial charge is 0.478 e. The third-order valence-electron chi connectivity index (χ3n) is 2.40. The van der Waals surface area contributed by atoms with E-state index in [1.54, 1.807) is 0 Å². The van der Waals surface area contributed by atoms with Crippen LogP contribution < -0.4 is 10.6 Å². The predicted molar refractivity (Wildman–Crippen MR) is 72.2 cm³/mol. The molecule has 6 nitrogen and oxygen atoms in total. The van der Waals surface area contributed by atoms with Crippen LogP contribution in [0.15, 0.2) is 18.5 Å². The van der Waals surface area contributed by atoms with Gasteiger partial charge in [-0.25, -0.2) is 4.79 Å². The van der Waals surface area contributed by atoms with Crippen molar-refractivity contribution in [2.24, 2.45) is 0 Å². The Labute approximate surface area is 112 Å². The number of pyridine rings is 1. The van der Waals surface area contributed by atoms with E-state index in [2.05, 4.69) is 15.6 Å². The molecule has 0 aliphatic heterocycles. The summed E-state index contributed by atoms with van der Waals surface area (Å²) < 4.78 is 0. The Hall–Kier alpha value is -1.95. The van der Waals surface area contributed by atoms with E-state index in [9.17, 15) is 9.59 Å². The quantitative estimate of drug-likeness (QED) is 0.650. The van der Waals surface area contributed by atoms with Crippen molar-refractivity contribution in [2.75, 3.05) is 11.9 Å². The number of aromatic nitrogens is 1. The molecule has 1 aromatic rings. The summed E-state index contributed by atoms with van der Waals surface area (Å²) in [6, 6.07) is 1.79. The van der Waals surface area contributed by atoms with Crippen molar-refractivity contribution < 1.29 is 14.7 Å². The summed E-state index contributed by atoms with van der Waals surface area (Å²) in [7, 11) is 0. The molecular formula is C13H19N3O3. The van der Waals surface area contributed by atoms with Crippen molar-refractivity contribution in [3.05, 3.63) is 24.0 Å². The number of aromatic carboxylic acids is 1. The molecule has 0 fully saturated rings. The summed E-state index contributed by atoms with van der Waals surface area (Å²) in [5, 5.41) is 14.7. The lowest BCUT2D eigenvalue weighted by atomic mass is 10.2. The standard InChI is InChI=1S/C13H19N3O3/c1-9(2)15-5-3-4-12(17)16-11-6-10(13(18)19)7-14-8-11/h6-9,15H,3-5H2,1-2H3,(H,16,17)(H,18,19). The van der Waals surface area contributed by atoms with E-state index in [4.69, 9.17) is 5.11 Å². The van der Waals surface area contributed by atoms with Crippen LogP contribution in [-0.2, 0) is 4.79 Å². The highest BCUT2D eigenvalue weighted by molar-refractivity contribution is 5.93. The molecule has 0 aromatic carbocycles. The molecule has 1 heterocycles. The lowest BCUT2D eigenvalue weighted by Gasteiger charge is -2.08. The zero-order valence-corrected chi connectivity index (χ0v) is 11.1. The number of hydrogen-bond donors (Lipinski definition) is 3. The van der Waals surface area contributed by atoms with Crippen molar-refractivity contribution in [3.8, 4) is 0 Å². The molecule has 1 amide bonds. The SMILES string of the molecule is CC(C)NCCCC(=O)Nc1cncc(C(=O)O)c1. The first-order chi connectivity index (χ1) is 8.99. The molecule has 1 aromatic heterocycles. The minimum atomic E-state index is -1.07. The second kappa shape index (κ2) is 7.48. The Morgan fingerprint density at radius 1 is 1.37 bits per heavy atom. The fraction of sp³-hybridized carbons (Fsp3) is 0.462. The molecule has 0 spiro atoms. The summed E-state index contributed by atoms with van der Waals surface area (Å²) in [6.45, 7) is 4.87. The molecule has 0 unspecified atom stereocenters. The minimum Gasteiger partial charge on any atom is -0.478 e. The zero-order chi connectivity index (χ0) is 14.3. The summed E-state index contributed by atoms with van der Waals surface area (Å²) in [5.74, 6) is -1.21. The molecule has 0 bridgehead atoms. The van der Waals surface area contributed by atoms with Crippen LogP contribution >= 0.6 is 0 Å². The van der Waals surface area contributed by atoms with Crippen LogP contribution in [0, 0.1) is 0 Å². The maximum atomic E-state index is 11.6. The van der Waals surface area contributed by atoms with Gasteiger partial charge in [-0.3, -0.25) is 9.78 Å². The molecule has 0 atom stereocenters. The van der Waals surface area contributed by atoms with Crippen LogP contribution in [0.25, 0.3) is 0 Å². The van der Waals surface area contributed by atoms with Gasteiger partial charge in [0.2, 0.25) is 5.91 Å². The predicted octanol–water partition coefficient (Wildman–Crippen LogP) is 1.50. The second-order valence-electron chi connectivity index (χ2n) is 4.53. The van der Waals surface area contributed by atoms with Crippen LogP contribution in [0.4, 0.5) is 5.69 Å². The maximum absolute atomic E-state index is 11.6. The summed E-state index contributed by atoms with van der Waals surface area (Å²) in [6.07, 6.45) is 3.79. The van der Waals surface area contributed by atoms with E-state index < -0.39 is 5.97 Å². The molecule has 0 radical (unpaired) electrons.